The fourth-order valence-electron chi connectivity index (χ4n) is 13.8. The third-order valence-corrected chi connectivity index (χ3v) is 19.6. The first-order chi connectivity index (χ1) is 44.4. The van der Waals surface area contributed by atoms with Gasteiger partial charge in [-0.1, -0.05) is 236 Å². The molecular weight excluding hydrogens is 1120 g/mol. The van der Waals surface area contributed by atoms with Crippen molar-refractivity contribution in [3.63, 3.8) is 0 Å². The second-order valence-corrected chi connectivity index (χ2v) is 27.3. The molecule has 3 aromatic heterocycles. The molecule has 91 heavy (non-hydrogen) atoms. The van der Waals surface area contributed by atoms with Crippen molar-refractivity contribution in [3.8, 4) is 44.8 Å². The van der Waals surface area contributed by atoms with Gasteiger partial charge in [0.2, 0.25) is 0 Å². The van der Waals surface area contributed by atoms with Crippen LogP contribution >= 0.6 is 11.3 Å². The molecule has 0 fully saturated rings. The first-order valence-corrected chi connectivity index (χ1v) is 32.5. The van der Waals surface area contributed by atoms with Crippen LogP contribution in [0.5, 0.6) is 0 Å². The summed E-state index contributed by atoms with van der Waals surface area (Å²) in [5.74, 6) is 0. The molecule has 4 nitrogen and oxygen atoms in total. The summed E-state index contributed by atoms with van der Waals surface area (Å²) in [7, 11) is 0. The summed E-state index contributed by atoms with van der Waals surface area (Å²) in [6.45, 7) is 13.7. The summed E-state index contributed by atoms with van der Waals surface area (Å²) in [5.41, 5.74) is 22.4. The van der Waals surface area contributed by atoms with Crippen LogP contribution in [0.25, 0.3) is 109 Å². The normalized spacial score (nSPS) is 12.1. The van der Waals surface area contributed by atoms with Gasteiger partial charge in [0.05, 0.1) is 33.4 Å². The fourth-order valence-corrected chi connectivity index (χ4v) is 14.9. The highest BCUT2D eigenvalue weighted by Gasteiger charge is 2.27. The first kappa shape index (κ1) is 55.6. The van der Waals surface area contributed by atoms with Crippen molar-refractivity contribution < 1.29 is 0 Å². The molecule has 0 aliphatic rings. The van der Waals surface area contributed by atoms with E-state index in [0.717, 1.165) is 101 Å². The third-order valence-electron chi connectivity index (χ3n) is 18.4. The molecule has 0 unspecified atom stereocenters. The van der Waals surface area contributed by atoms with Crippen molar-refractivity contribution in [2.24, 2.45) is 0 Å². The Labute approximate surface area is 536 Å². The number of thiophene rings is 1. The Morgan fingerprint density at radius 2 is 0.659 bits per heavy atom. The molecular formula is C86H68N4S. The van der Waals surface area contributed by atoms with Crippen LogP contribution < -0.4 is 9.80 Å². The van der Waals surface area contributed by atoms with Crippen LogP contribution in [-0.2, 0) is 10.8 Å². The first-order valence-electron chi connectivity index (χ1n) is 31.6. The van der Waals surface area contributed by atoms with E-state index in [4.69, 9.17) is 0 Å². The van der Waals surface area contributed by atoms with Gasteiger partial charge >= 0.3 is 0 Å². The van der Waals surface area contributed by atoms with Gasteiger partial charge in [-0.3, -0.25) is 0 Å². The number of aromatic nitrogens is 2. The maximum absolute atomic E-state index is 2.52. The molecule has 0 spiro atoms. The van der Waals surface area contributed by atoms with E-state index in [1.165, 1.54) is 52.8 Å². The van der Waals surface area contributed by atoms with E-state index in [9.17, 15) is 0 Å². The van der Waals surface area contributed by atoms with Crippen LogP contribution in [0.3, 0.4) is 0 Å². The third kappa shape index (κ3) is 9.85. The van der Waals surface area contributed by atoms with Crippen molar-refractivity contribution in [2.75, 3.05) is 9.80 Å². The average molecular weight is 1190 g/mol. The van der Waals surface area contributed by atoms with Gasteiger partial charge < -0.3 is 18.9 Å². The molecule has 0 saturated carbocycles. The van der Waals surface area contributed by atoms with E-state index >= 15 is 0 Å². The van der Waals surface area contributed by atoms with E-state index in [2.05, 4.69) is 364 Å². The van der Waals surface area contributed by atoms with Gasteiger partial charge in [0.1, 0.15) is 0 Å². The zero-order chi connectivity index (χ0) is 61.5. The molecule has 0 aliphatic carbocycles. The van der Waals surface area contributed by atoms with Gasteiger partial charge in [0, 0.05) is 87.0 Å². The lowest BCUT2D eigenvalue weighted by Gasteiger charge is -2.32. The summed E-state index contributed by atoms with van der Waals surface area (Å²) in [4.78, 5) is 5.05. The summed E-state index contributed by atoms with van der Waals surface area (Å²) >= 11 is 1.86. The minimum Gasteiger partial charge on any atom is -0.310 e. The molecule has 0 bridgehead atoms. The van der Waals surface area contributed by atoms with Crippen LogP contribution in [0.4, 0.5) is 34.1 Å². The molecule has 0 radical (unpaired) electrons. The minimum absolute atomic E-state index is 0.00507. The largest absolute Gasteiger partial charge is 0.310 e. The highest BCUT2D eigenvalue weighted by Crippen LogP contribution is 2.50. The van der Waals surface area contributed by atoms with Crippen LogP contribution in [0.2, 0.25) is 0 Å². The minimum atomic E-state index is -0.00507. The molecule has 5 heteroatoms. The Balaban J connectivity index is 1.01. The molecule has 0 atom stereocenters. The number of nitrogens with zero attached hydrogens (tertiary/aromatic N) is 4. The monoisotopic (exact) mass is 1190 g/mol. The van der Waals surface area contributed by atoms with Gasteiger partial charge in [0.15, 0.2) is 0 Å². The van der Waals surface area contributed by atoms with Gasteiger partial charge in [-0.2, -0.15) is 0 Å². The van der Waals surface area contributed by atoms with Gasteiger partial charge in [-0.25, -0.2) is 0 Å². The fraction of sp³-hybridized carbons (Fsp3) is 0.0930. The second kappa shape index (κ2) is 22.1. The SMILES string of the molecule is CC(C)(C)c1ccc(-c2ccccc2N(c2cc(-c3ccc4sc5ccccc5c4c3)cc(N(c3ccc4c5ccccc5n(-c5ccccc5)c4c3)c3ccccc3-c3ccc(C(C)(C)C)cc3)c2)c2ccc3c4ccccc4n(-c4ccccc4)c3c2)cc1. The van der Waals surface area contributed by atoms with Crippen LogP contribution in [-0.4, -0.2) is 9.13 Å². The van der Waals surface area contributed by atoms with Crippen molar-refractivity contribution in [1.29, 1.82) is 0 Å². The van der Waals surface area contributed by atoms with Crippen LogP contribution in [0, 0.1) is 0 Å². The molecule has 0 N–H and O–H groups in total. The Bertz CT molecular complexity index is 5140. The molecule has 3 heterocycles. The molecule has 438 valence electrons. The predicted molar refractivity (Wildman–Crippen MR) is 391 cm³/mol. The summed E-state index contributed by atoms with van der Waals surface area (Å²) < 4.78 is 7.42. The molecule has 0 aliphatic heterocycles. The number of hydrogen-bond acceptors (Lipinski definition) is 3. The second-order valence-electron chi connectivity index (χ2n) is 26.2. The highest BCUT2D eigenvalue weighted by molar-refractivity contribution is 7.25. The Hall–Kier alpha value is -10.7. The number of benzene rings is 13. The maximum atomic E-state index is 2.52. The standard InChI is InChI=1S/C86H68N4S/c1-85(2,3)61-42-37-57(38-43-61)69-27-13-18-32-77(69)87(65-46-48-73-71-29-15-20-34-79(71)89(81(73)55-65)63-23-9-7-10-24-63)67-51-60(59-41-50-84-76(53-59)75-31-17-22-36-83(75)91-84)52-68(54-67)88(78-33-19-14-28-70(78)58-39-44-62(45-40-58)86(4,5)6)66-47-49-74-72-30-16-21-35-80(72)90(82(74)56-66)64-25-11-8-12-26-64/h7-56H,1-6H3. The van der Waals surface area contributed by atoms with Crippen LogP contribution in [0.1, 0.15) is 52.7 Å². The molecule has 13 aromatic carbocycles. The highest BCUT2D eigenvalue weighted by atomic mass is 32.1. The Morgan fingerprint density at radius 1 is 0.264 bits per heavy atom. The van der Waals surface area contributed by atoms with Gasteiger partial charge in [-0.05, 0) is 153 Å². The number of hydrogen-bond donors (Lipinski definition) is 0. The number of anilines is 6. The smallest absolute Gasteiger partial charge is 0.0561 e. The summed E-state index contributed by atoms with van der Waals surface area (Å²) in [5, 5.41) is 7.34. The van der Waals surface area contributed by atoms with Gasteiger partial charge in [0.25, 0.3) is 0 Å². The lowest BCUT2D eigenvalue weighted by atomic mass is 9.86. The number of fused-ring (bicyclic) bond motifs is 9. The lowest BCUT2D eigenvalue weighted by molar-refractivity contribution is 0.590. The lowest BCUT2D eigenvalue weighted by Crippen LogP contribution is -2.15. The topological polar surface area (TPSA) is 16.3 Å². The van der Waals surface area contributed by atoms with Gasteiger partial charge in [-0.15, -0.1) is 11.3 Å². The Kier molecular flexibility index (Phi) is 13.5. The molecule has 0 saturated heterocycles. The predicted octanol–water partition coefficient (Wildman–Crippen LogP) is 24.8. The van der Waals surface area contributed by atoms with E-state index in [1.54, 1.807) is 0 Å². The summed E-state index contributed by atoms with van der Waals surface area (Å²) in [6, 6.07) is 113. The molecule has 16 rings (SSSR count). The van der Waals surface area contributed by atoms with E-state index < -0.39 is 0 Å². The van der Waals surface area contributed by atoms with Crippen molar-refractivity contribution in [3.05, 3.63) is 314 Å². The van der Waals surface area contributed by atoms with E-state index in [1.807, 2.05) is 11.3 Å². The van der Waals surface area contributed by atoms with E-state index in [-0.39, 0.29) is 10.8 Å². The average Bonchev–Trinajstić information content (AvgIpc) is 1.70. The Morgan fingerprint density at radius 3 is 1.14 bits per heavy atom. The van der Waals surface area contributed by atoms with Crippen molar-refractivity contribution in [2.45, 2.75) is 52.4 Å². The number of rotatable bonds is 11. The molecule has 16 aromatic rings. The summed E-state index contributed by atoms with van der Waals surface area (Å²) in [6.07, 6.45) is 0. The number of para-hydroxylation sites is 6. The van der Waals surface area contributed by atoms with E-state index in [0.29, 0.717) is 0 Å². The molecule has 0 amide bonds. The van der Waals surface area contributed by atoms with Crippen LogP contribution in [0.15, 0.2) is 303 Å². The van der Waals surface area contributed by atoms with Crippen molar-refractivity contribution >= 4 is 109 Å². The maximum Gasteiger partial charge on any atom is 0.0561 e. The zero-order valence-electron chi connectivity index (χ0n) is 52.1. The van der Waals surface area contributed by atoms with Crippen molar-refractivity contribution in [1.82, 2.24) is 9.13 Å². The zero-order valence-corrected chi connectivity index (χ0v) is 52.9. The quantitative estimate of drug-likeness (QED) is 0.128.